The number of ether oxygens (including phenoxy) is 2. The quantitative estimate of drug-likeness (QED) is 0.469. The summed E-state index contributed by atoms with van der Waals surface area (Å²) in [5.74, 6) is 0.148. The number of nitrogens with zero attached hydrogens (tertiary/aromatic N) is 1. The fraction of sp³-hybridized carbons (Fsp3) is 0.792. The molecule has 2 aliphatic heterocycles. The van der Waals surface area contributed by atoms with Gasteiger partial charge < -0.3 is 14.8 Å². The molecule has 1 saturated heterocycles. The van der Waals surface area contributed by atoms with Gasteiger partial charge in [0.2, 0.25) is 0 Å². The minimum absolute atomic E-state index is 0.0851. The highest BCUT2D eigenvalue weighted by atomic mass is 16.5. The van der Waals surface area contributed by atoms with E-state index < -0.39 is 0 Å². The monoisotopic (exact) mass is 432 g/mol. The van der Waals surface area contributed by atoms with Crippen molar-refractivity contribution in [1.82, 2.24) is 10.2 Å². The van der Waals surface area contributed by atoms with Crippen LogP contribution in [0, 0.1) is 11.8 Å². The first kappa shape index (κ1) is 22.5. The maximum Gasteiger partial charge on any atom is 0.323 e. The smallest absolute Gasteiger partial charge is 0.323 e. The third-order valence-electron chi connectivity index (χ3n) is 7.56. The zero-order valence-corrected chi connectivity index (χ0v) is 18.9. The van der Waals surface area contributed by atoms with Crippen LogP contribution in [-0.4, -0.2) is 60.6 Å². The van der Waals surface area contributed by atoms with Crippen molar-refractivity contribution in [2.75, 3.05) is 19.8 Å². The lowest BCUT2D eigenvalue weighted by Gasteiger charge is -2.34. The summed E-state index contributed by atoms with van der Waals surface area (Å²) in [6, 6.07) is -0.00761. The highest BCUT2D eigenvalue weighted by Crippen LogP contribution is 2.41. The lowest BCUT2D eigenvalue weighted by Crippen LogP contribution is -2.40. The number of carbonyl (C=O) groups excluding carboxylic acids is 3. The van der Waals surface area contributed by atoms with Crippen LogP contribution in [-0.2, 0) is 23.9 Å². The van der Waals surface area contributed by atoms with Crippen LogP contribution in [0.15, 0.2) is 11.1 Å². The van der Waals surface area contributed by atoms with E-state index in [-0.39, 0.29) is 35.8 Å². The first-order valence-corrected chi connectivity index (χ1v) is 12.2. The number of fused-ring (bicyclic) bond motifs is 1. The molecular weight excluding hydrogens is 396 g/mol. The van der Waals surface area contributed by atoms with Crippen LogP contribution in [0.5, 0.6) is 0 Å². The zero-order valence-electron chi connectivity index (χ0n) is 18.9. The van der Waals surface area contributed by atoms with E-state index in [9.17, 15) is 14.4 Å². The average molecular weight is 433 g/mol. The van der Waals surface area contributed by atoms with Gasteiger partial charge in [-0.05, 0) is 83.5 Å². The molecule has 0 aromatic rings. The van der Waals surface area contributed by atoms with Gasteiger partial charge in [-0.25, -0.2) is 0 Å². The van der Waals surface area contributed by atoms with Gasteiger partial charge in [-0.2, -0.15) is 0 Å². The molecule has 2 heterocycles. The average Bonchev–Trinajstić information content (AvgIpc) is 3.25. The summed E-state index contributed by atoms with van der Waals surface area (Å²) in [4.78, 5) is 39.5. The molecule has 1 saturated carbocycles. The van der Waals surface area contributed by atoms with Crippen LogP contribution < -0.4 is 5.32 Å². The number of hydrogen-bond acceptors (Lipinski definition) is 6. The third-order valence-corrected chi connectivity index (χ3v) is 7.56. The molecule has 2 aliphatic carbocycles. The lowest BCUT2D eigenvalue weighted by atomic mass is 9.75. The highest BCUT2D eigenvalue weighted by molar-refractivity contribution is 6.19. The number of hydrogen-bond donors (Lipinski definition) is 1. The zero-order chi connectivity index (χ0) is 22.0. The number of rotatable bonds is 8. The molecule has 0 aromatic carbocycles. The molecule has 2 amide bonds. The van der Waals surface area contributed by atoms with Gasteiger partial charge in [0, 0.05) is 30.3 Å². The Hall–Kier alpha value is -1.73. The predicted octanol–water partition coefficient (Wildman–Crippen LogP) is 2.73. The van der Waals surface area contributed by atoms with Crippen LogP contribution >= 0.6 is 0 Å². The summed E-state index contributed by atoms with van der Waals surface area (Å²) in [5.41, 5.74) is 1.49. The Labute approximate surface area is 184 Å². The molecule has 0 radical (unpaired) electrons. The molecule has 7 heteroatoms. The maximum absolute atomic E-state index is 12.7. The van der Waals surface area contributed by atoms with Crippen molar-refractivity contribution in [3.05, 3.63) is 11.1 Å². The van der Waals surface area contributed by atoms with E-state index in [0.29, 0.717) is 38.1 Å². The standard InChI is InChI=1S/C24H36N2O5/c1-3-30-15-11-12-20-19(14-15)16(21(25-20)24(29)31-4-2)10-7-13-26-22(27)17-8-5-6-9-18(17)23(26)28/h15-16,19-21,25H,3-14H2,1-2H3. The summed E-state index contributed by atoms with van der Waals surface area (Å²) in [7, 11) is 0. The second-order valence-electron chi connectivity index (χ2n) is 9.29. The molecule has 2 fully saturated rings. The van der Waals surface area contributed by atoms with E-state index >= 15 is 0 Å². The number of amides is 2. The Balaban J connectivity index is 1.40. The molecule has 7 nitrogen and oxygen atoms in total. The molecule has 5 unspecified atom stereocenters. The van der Waals surface area contributed by atoms with Gasteiger partial charge in [0.15, 0.2) is 0 Å². The molecule has 0 bridgehead atoms. The minimum atomic E-state index is -0.313. The molecule has 4 rings (SSSR count). The van der Waals surface area contributed by atoms with Crippen molar-refractivity contribution >= 4 is 17.8 Å². The largest absolute Gasteiger partial charge is 0.465 e. The van der Waals surface area contributed by atoms with Gasteiger partial charge in [0.1, 0.15) is 6.04 Å². The van der Waals surface area contributed by atoms with Crippen LogP contribution in [0.4, 0.5) is 0 Å². The van der Waals surface area contributed by atoms with Gasteiger partial charge in [0.25, 0.3) is 11.8 Å². The molecular formula is C24H36N2O5. The van der Waals surface area contributed by atoms with Crippen LogP contribution in [0.2, 0.25) is 0 Å². The van der Waals surface area contributed by atoms with E-state index in [4.69, 9.17) is 9.47 Å². The van der Waals surface area contributed by atoms with Crippen molar-refractivity contribution in [1.29, 1.82) is 0 Å². The van der Waals surface area contributed by atoms with Crippen molar-refractivity contribution in [3.63, 3.8) is 0 Å². The minimum Gasteiger partial charge on any atom is -0.465 e. The molecule has 1 N–H and O–H groups in total. The molecule has 0 aromatic heterocycles. The van der Waals surface area contributed by atoms with Gasteiger partial charge in [-0.3, -0.25) is 19.3 Å². The van der Waals surface area contributed by atoms with Crippen LogP contribution in [0.3, 0.4) is 0 Å². The van der Waals surface area contributed by atoms with Crippen molar-refractivity contribution in [2.45, 2.75) is 89.8 Å². The topological polar surface area (TPSA) is 84.9 Å². The molecule has 0 spiro atoms. The first-order chi connectivity index (χ1) is 15.0. The Bertz CT molecular complexity index is 720. The Morgan fingerprint density at radius 1 is 1.06 bits per heavy atom. The van der Waals surface area contributed by atoms with Crippen molar-refractivity contribution in [2.24, 2.45) is 11.8 Å². The van der Waals surface area contributed by atoms with E-state index in [1.54, 1.807) is 0 Å². The summed E-state index contributed by atoms with van der Waals surface area (Å²) in [5, 5.41) is 3.54. The highest BCUT2D eigenvalue weighted by Gasteiger charge is 2.49. The predicted molar refractivity (Wildman–Crippen MR) is 115 cm³/mol. The summed E-state index contributed by atoms with van der Waals surface area (Å²) >= 11 is 0. The Kier molecular flexibility index (Phi) is 7.12. The first-order valence-electron chi connectivity index (χ1n) is 12.2. The Morgan fingerprint density at radius 2 is 1.77 bits per heavy atom. The molecule has 31 heavy (non-hydrogen) atoms. The second-order valence-corrected chi connectivity index (χ2v) is 9.29. The van der Waals surface area contributed by atoms with Gasteiger partial charge >= 0.3 is 5.97 Å². The van der Waals surface area contributed by atoms with E-state index in [1.807, 2.05) is 13.8 Å². The van der Waals surface area contributed by atoms with Gasteiger partial charge in [-0.15, -0.1) is 0 Å². The normalized spacial score (nSPS) is 33.0. The maximum atomic E-state index is 12.7. The second kappa shape index (κ2) is 9.82. The van der Waals surface area contributed by atoms with Crippen molar-refractivity contribution < 1.29 is 23.9 Å². The van der Waals surface area contributed by atoms with E-state index in [0.717, 1.165) is 62.5 Å². The van der Waals surface area contributed by atoms with E-state index in [2.05, 4.69) is 5.32 Å². The summed E-state index contributed by atoms with van der Waals surface area (Å²) in [6.45, 7) is 5.37. The van der Waals surface area contributed by atoms with Gasteiger partial charge in [0.05, 0.1) is 12.7 Å². The number of carbonyl (C=O) groups is 3. The summed E-state index contributed by atoms with van der Waals surface area (Å²) in [6.07, 6.45) is 8.15. The van der Waals surface area contributed by atoms with Crippen LogP contribution in [0.1, 0.15) is 71.6 Å². The van der Waals surface area contributed by atoms with Crippen molar-refractivity contribution in [3.8, 4) is 0 Å². The lowest BCUT2D eigenvalue weighted by molar-refractivity contribution is -0.147. The number of nitrogens with one attached hydrogen (secondary N) is 1. The van der Waals surface area contributed by atoms with Crippen LogP contribution in [0.25, 0.3) is 0 Å². The molecule has 172 valence electrons. The fourth-order valence-electron chi connectivity index (χ4n) is 6.17. The Morgan fingerprint density at radius 3 is 2.42 bits per heavy atom. The number of imide groups is 1. The fourth-order valence-corrected chi connectivity index (χ4v) is 6.17. The van der Waals surface area contributed by atoms with Gasteiger partial charge in [-0.1, -0.05) is 0 Å². The molecule has 5 atom stereocenters. The SMILES string of the molecule is CCOC(=O)C1NC2CCC(OCC)CC2C1CCCN1C(=O)C2=C(CCCC2)C1=O. The molecule has 4 aliphatic rings. The third kappa shape index (κ3) is 4.44. The number of esters is 1. The van der Waals surface area contributed by atoms with E-state index in [1.165, 1.54) is 4.90 Å². The summed E-state index contributed by atoms with van der Waals surface area (Å²) < 4.78 is 11.3.